The quantitative estimate of drug-likeness (QED) is 0.440. The van der Waals surface area contributed by atoms with Crippen LogP contribution in [0.15, 0.2) is 34.3 Å². The van der Waals surface area contributed by atoms with Crippen LogP contribution in [-0.2, 0) is 10.1 Å². The van der Waals surface area contributed by atoms with Gasteiger partial charge in [0.15, 0.2) is 0 Å². The van der Waals surface area contributed by atoms with E-state index in [-0.39, 0.29) is 45.3 Å². The summed E-state index contributed by atoms with van der Waals surface area (Å²) in [6.45, 7) is 0. The van der Waals surface area contributed by atoms with E-state index < -0.39 is 10.1 Å². The summed E-state index contributed by atoms with van der Waals surface area (Å²) in [5, 5.41) is 10.5. The fourth-order valence-electron chi connectivity index (χ4n) is 1.19. The van der Waals surface area contributed by atoms with Gasteiger partial charge >= 0.3 is 29.6 Å². The van der Waals surface area contributed by atoms with Crippen LogP contribution in [-0.4, -0.2) is 62.7 Å². The van der Waals surface area contributed by atoms with Gasteiger partial charge < -0.3 is 0 Å². The van der Waals surface area contributed by atoms with Gasteiger partial charge in [-0.2, -0.15) is 13.1 Å². The molecule has 17 heavy (non-hydrogen) atoms. The Morgan fingerprint density at radius 1 is 1.29 bits per heavy atom. The van der Waals surface area contributed by atoms with Crippen LogP contribution in [0.25, 0.3) is 5.69 Å². The van der Waals surface area contributed by atoms with Gasteiger partial charge in [0.2, 0.25) is 5.16 Å². The second-order valence-electron chi connectivity index (χ2n) is 2.83. The molecule has 0 saturated carbocycles. The summed E-state index contributed by atoms with van der Waals surface area (Å²) in [5.41, 5.74) is 0.139. The summed E-state index contributed by atoms with van der Waals surface area (Å²) in [4.78, 5) is -0.280. The molecule has 2 rings (SSSR count). The molecule has 0 spiro atoms. The van der Waals surface area contributed by atoms with Crippen LogP contribution in [0.5, 0.6) is 0 Å². The molecule has 0 radical (unpaired) electrons. The van der Waals surface area contributed by atoms with Gasteiger partial charge in [0.1, 0.15) is 4.90 Å². The number of hydrogen-bond donors (Lipinski definition) is 2. The molecule has 1 aromatic carbocycles. The van der Waals surface area contributed by atoms with Crippen molar-refractivity contribution in [1.29, 1.82) is 0 Å². The van der Waals surface area contributed by atoms with Crippen molar-refractivity contribution < 1.29 is 13.0 Å². The molecule has 0 aliphatic rings. The molecule has 0 fully saturated rings. The van der Waals surface area contributed by atoms with E-state index >= 15 is 0 Å². The first-order valence-electron chi connectivity index (χ1n) is 4.04. The van der Waals surface area contributed by atoms with Crippen LogP contribution < -0.4 is 0 Å². The molecule has 0 bridgehead atoms. The Kier molecular flexibility index (Phi) is 4.69. The second kappa shape index (κ2) is 5.46. The van der Waals surface area contributed by atoms with E-state index in [4.69, 9.17) is 4.55 Å². The van der Waals surface area contributed by atoms with Crippen LogP contribution in [0.4, 0.5) is 0 Å². The molecule has 0 unspecified atom stereocenters. The normalized spacial score (nSPS) is 10.9. The predicted octanol–water partition coefficient (Wildman–Crippen LogP) is -0.451. The zero-order valence-electron chi connectivity index (χ0n) is 7.72. The number of hydrogen-bond acceptors (Lipinski definition) is 6. The van der Waals surface area contributed by atoms with Crippen LogP contribution in [0, 0.1) is 0 Å². The number of nitrogens with zero attached hydrogens (tertiary/aromatic N) is 4. The van der Waals surface area contributed by atoms with E-state index in [9.17, 15) is 8.42 Å². The molecule has 1 heterocycles. The summed E-state index contributed by atoms with van der Waals surface area (Å²) in [6, 6.07) is 5.78. The van der Waals surface area contributed by atoms with E-state index in [1.54, 1.807) is 6.07 Å². The molecule has 10 heteroatoms. The number of tetrazole rings is 1. The number of benzene rings is 1. The van der Waals surface area contributed by atoms with Crippen LogP contribution in [0.1, 0.15) is 0 Å². The van der Waals surface area contributed by atoms with Crippen molar-refractivity contribution in [3.05, 3.63) is 24.3 Å². The maximum absolute atomic E-state index is 11.1. The standard InChI is InChI=1S/C7H6N4O3S2.Na.H/c12-16(13,14)6-4-2-1-3-5(6)11-7(15)8-9-10-11;;/h1-4H,(H,8,10,15)(H,12,13,14);;. The van der Waals surface area contributed by atoms with E-state index in [2.05, 4.69) is 28.2 Å². The Morgan fingerprint density at radius 3 is 2.47 bits per heavy atom. The molecule has 2 aromatic rings. The molecule has 1 N–H and O–H groups in total. The summed E-state index contributed by atoms with van der Waals surface area (Å²) in [6.07, 6.45) is 0. The van der Waals surface area contributed by atoms with Gasteiger partial charge in [-0.1, -0.05) is 12.1 Å². The number of aromatic nitrogens is 4. The number of para-hydroxylation sites is 1. The van der Waals surface area contributed by atoms with E-state index in [0.29, 0.717) is 0 Å². The first-order valence-corrected chi connectivity index (χ1v) is 5.93. The molecule has 1 aromatic heterocycles. The molecule has 0 aliphatic carbocycles. The molecule has 0 amide bonds. The summed E-state index contributed by atoms with van der Waals surface area (Å²) < 4.78 is 32.3. The van der Waals surface area contributed by atoms with E-state index in [0.717, 1.165) is 4.68 Å². The third-order valence-corrected chi connectivity index (χ3v) is 3.00. The van der Waals surface area contributed by atoms with Gasteiger partial charge in [-0.05, 0) is 22.6 Å². The third kappa shape index (κ3) is 3.06. The van der Waals surface area contributed by atoms with E-state index in [1.807, 2.05) is 0 Å². The van der Waals surface area contributed by atoms with Crippen molar-refractivity contribution in [3.8, 4) is 5.69 Å². The molecule has 86 valence electrons. The summed E-state index contributed by atoms with van der Waals surface area (Å²) >= 11 is 3.95. The zero-order valence-corrected chi connectivity index (χ0v) is 9.43. The monoisotopic (exact) mass is 282 g/mol. The van der Waals surface area contributed by atoms with Gasteiger partial charge in [0, 0.05) is 0 Å². The Balaban J connectivity index is 0.00000144. The molecule has 0 saturated heterocycles. The van der Waals surface area contributed by atoms with Crippen molar-refractivity contribution in [2.24, 2.45) is 0 Å². The summed E-state index contributed by atoms with van der Waals surface area (Å²) in [7, 11) is -4.33. The van der Waals surface area contributed by atoms with E-state index in [1.165, 1.54) is 18.2 Å². The zero-order chi connectivity index (χ0) is 11.8. The van der Waals surface area contributed by atoms with Crippen LogP contribution in [0.2, 0.25) is 0 Å². The topological polar surface area (TPSA) is 98.0 Å². The van der Waals surface area contributed by atoms with Crippen molar-refractivity contribution in [2.75, 3.05) is 0 Å². The minimum atomic E-state index is -4.33. The predicted molar refractivity (Wildman–Crippen MR) is 63.4 cm³/mol. The van der Waals surface area contributed by atoms with Crippen molar-refractivity contribution in [3.63, 3.8) is 0 Å². The van der Waals surface area contributed by atoms with Gasteiger partial charge in [0.25, 0.3) is 10.1 Å². The van der Waals surface area contributed by atoms with Crippen molar-refractivity contribution in [1.82, 2.24) is 20.2 Å². The Hall–Kier alpha value is -0.450. The third-order valence-electron chi connectivity index (χ3n) is 1.82. The molecule has 7 nitrogen and oxygen atoms in total. The second-order valence-corrected chi connectivity index (χ2v) is 4.62. The molecular formula is C7H7N4NaO3S2. The molecule has 0 aliphatic heterocycles. The Morgan fingerprint density at radius 2 is 1.94 bits per heavy atom. The fourth-order valence-corrected chi connectivity index (χ4v) is 2.05. The van der Waals surface area contributed by atoms with Gasteiger partial charge in [-0.25, -0.2) is 0 Å². The van der Waals surface area contributed by atoms with Crippen LogP contribution in [0.3, 0.4) is 0 Å². The molecular weight excluding hydrogens is 275 g/mol. The fraction of sp³-hybridized carbons (Fsp3) is 0. The number of rotatable bonds is 2. The minimum absolute atomic E-state index is 0. The first kappa shape index (κ1) is 14.6. The Labute approximate surface area is 125 Å². The van der Waals surface area contributed by atoms with Gasteiger partial charge in [-0.15, -0.1) is 17.7 Å². The average molecular weight is 282 g/mol. The average Bonchev–Trinajstić information content (AvgIpc) is 2.63. The molecule has 0 atom stereocenters. The SMILES string of the molecule is O=S(=O)(O)c1ccccc1-n1nnnc1S.[NaH]. The first-order chi connectivity index (χ1) is 7.50. The van der Waals surface area contributed by atoms with Crippen molar-refractivity contribution in [2.45, 2.75) is 10.1 Å². The Bertz CT molecular complexity index is 628. The summed E-state index contributed by atoms with van der Waals surface area (Å²) in [5.74, 6) is 0. The number of thiol groups is 1. The van der Waals surface area contributed by atoms with Crippen LogP contribution >= 0.6 is 12.6 Å². The van der Waals surface area contributed by atoms with Gasteiger partial charge in [-0.3, -0.25) is 4.55 Å². The van der Waals surface area contributed by atoms with Gasteiger partial charge in [0.05, 0.1) is 5.69 Å². The maximum atomic E-state index is 11.1. The van der Waals surface area contributed by atoms with Crippen molar-refractivity contribution >= 4 is 52.3 Å².